The number of aromatic nitrogens is 2. The summed E-state index contributed by atoms with van der Waals surface area (Å²) in [6.07, 6.45) is 1.44. The molecule has 2 aromatic carbocycles. The average molecular weight is 596 g/mol. The summed E-state index contributed by atoms with van der Waals surface area (Å²) in [5, 5.41) is 25.5. The summed E-state index contributed by atoms with van der Waals surface area (Å²) in [5.41, 5.74) is 2.74. The molecule has 0 spiro atoms. The van der Waals surface area contributed by atoms with Gasteiger partial charge in [-0.2, -0.15) is 9.65 Å². The third kappa shape index (κ3) is 6.63. The standard InChI is InChI=1S/C29H31F2N7O5/c1-5-38(36-26(39)20-13-29(3,42)15-34-20)28(41)18-7-6-17(12-16(18)2)35-27(40)25-33-14-21(37(25)4)19-8-9-22(43-11-10-32)24(31)23(19)30/h6-9,12,14,20,34,42H,5,11,13,15H2,1-4H3,(H,35,40)(H,36,39)/t20-,29-/m1/s1. The second-order valence-corrected chi connectivity index (χ2v) is 10.4. The molecule has 0 unspecified atom stereocenters. The maximum absolute atomic E-state index is 14.8. The van der Waals surface area contributed by atoms with Crippen molar-refractivity contribution >= 4 is 23.4 Å². The Labute approximate surface area is 246 Å². The van der Waals surface area contributed by atoms with E-state index in [-0.39, 0.29) is 36.6 Å². The molecule has 1 aliphatic rings. The predicted octanol–water partition coefficient (Wildman–Crippen LogP) is 2.43. The Morgan fingerprint density at radius 1 is 1.28 bits per heavy atom. The molecule has 4 N–H and O–H groups in total. The minimum absolute atomic E-state index is 0.0863. The molecule has 1 fully saturated rings. The SMILES string of the molecule is CCN(NC(=O)[C@H]1C[C@@](C)(O)CN1)C(=O)c1ccc(NC(=O)c2ncc(-c3ccc(OCC#N)c(F)c3F)n2C)cc1C. The highest BCUT2D eigenvalue weighted by molar-refractivity contribution is 6.03. The largest absolute Gasteiger partial charge is 0.476 e. The Morgan fingerprint density at radius 3 is 2.65 bits per heavy atom. The number of carbonyl (C=O) groups excluding carboxylic acids is 3. The van der Waals surface area contributed by atoms with Crippen LogP contribution in [0.3, 0.4) is 0 Å². The fourth-order valence-electron chi connectivity index (χ4n) is 4.73. The highest BCUT2D eigenvalue weighted by atomic mass is 19.2. The number of hydrogen-bond donors (Lipinski definition) is 4. The molecule has 226 valence electrons. The first-order valence-corrected chi connectivity index (χ1v) is 13.4. The van der Waals surface area contributed by atoms with Crippen LogP contribution in [0.1, 0.15) is 46.8 Å². The zero-order chi connectivity index (χ0) is 31.5. The van der Waals surface area contributed by atoms with E-state index in [4.69, 9.17) is 10.00 Å². The summed E-state index contributed by atoms with van der Waals surface area (Å²) in [6, 6.07) is 8.10. The van der Waals surface area contributed by atoms with Crippen LogP contribution in [-0.2, 0) is 11.8 Å². The molecule has 2 atom stereocenters. The van der Waals surface area contributed by atoms with Crippen LogP contribution >= 0.6 is 0 Å². The van der Waals surface area contributed by atoms with E-state index in [1.807, 2.05) is 0 Å². The molecule has 0 saturated carbocycles. The molecule has 2 heterocycles. The lowest BCUT2D eigenvalue weighted by atomic mass is 10.0. The maximum atomic E-state index is 14.8. The Balaban J connectivity index is 1.46. The van der Waals surface area contributed by atoms with Crippen molar-refractivity contribution in [1.29, 1.82) is 5.26 Å². The van der Waals surface area contributed by atoms with Gasteiger partial charge in [-0.3, -0.25) is 24.8 Å². The number of nitrogens with one attached hydrogen (secondary N) is 3. The number of carbonyl (C=O) groups is 3. The normalized spacial score (nSPS) is 17.7. The van der Waals surface area contributed by atoms with Crippen molar-refractivity contribution in [2.75, 3.05) is 25.0 Å². The molecular formula is C29H31F2N7O5. The van der Waals surface area contributed by atoms with Gasteiger partial charge in [-0.05, 0) is 56.7 Å². The number of rotatable bonds is 8. The number of β-amino-alcohol motifs (C(OH)–C–C–N with tert-alkyl or cyclic N) is 1. The van der Waals surface area contributed by atoms with Gasteiger partial charge in [0.1, 0.15) is 6.07 Å². The monoisotopic (exact) mass is 595 g/mol. The summed E-state index contributed by atoms with van der Waals surface area (Å²) in [5.74, 6) is -4.51. The van der Waals surface area contributed by atoms with E-state index in [0.29, 0.717) is 16.8 Å². The lowest BCUT2D eigenvalue weighted by Gasteiger charge is -2.24. The molecule has 0 bridgehead atoms. The number of aliphatic hydroxyl groups is 1. The molecule has 1 saturated heterocycles. The molecule has 4 rings (SSSR count). The quantitative estimate of drug-likeness (QED) is 0.289. The number of aryl methyl sites for hydroxylation is 1. The first kappa shape index (κ1) is 31.1. The number of imidazole rings is 1. The zero-order valence-corrected chi connectivity index (χ0v) is 24.0. The van der Waals surface area contributed by atoms with Crippen LogP contribution < -0.4 is 20.8 Å². The number of anilines is 1. The van der Waals surface area contributed by atoms with Gasteiger partial charge in [0.25, 0.3) is 17.7 Å². The number of nitrogens with zero attached hydrogens (tertiary/aromatic N) is 4. The zero-order valence-electron chi connectivity index (χ0n) is 24.0. The van der Waals surface area contributed by atoms with E-state index in [9.17, 15) is 28.3 Å². The van der Waals surface area contributed by atoms with E-state index < -0.39 is 53.4 Å². The van der Waals surface area contributed by atoms with Crippen LogP contribution in [-0.4, -0.2) is 68.7 Å². The molecule has 43 heavy (non-hydrogen) atoms. The predicted molar refractivity (Wildman–Crippen MR) is 151 cm³/mol. The summed E-state index contributed by atoms with van der Waals surface area (Å²) in [6.45, 7) is 5.01. The fourth-order valence-corrected chi connectivity index (χ4v) is 4.73. The summed E-state index contributed by atoms with van der Waals surface area (Å²) < 4.78 is 35.4. The summed E-state index contributed by atoms with van der Waals surface area (Å²) in [7, 11) is 1.47. The van der Waals surface area contributed by atoms with E-state index in [1.54, 1.807) is 32.9 Å². The van der Waals surface area contributed by atoms with Gasteiger partial charge >= 0.3 is 0 Å². The van der Waals surface area contributed by atoms with E-state index >= 15 is 0 Å². The smallest absolute Gasteiger partial charge is 0.291 e. The van der Waals surface area contributed by atoms with Gasteiger partial charge in [0, 0.05) is 43.4 Å². The Morgan fingerprint density at radius 2 is 2.02 bits per heavy atom. The van der Waals surface area contributed by atoms with Crippen molar-refractivity contribution in [1.82, 2.24) is 25.3 Å². The van der Waals surface area contributed by atoms with Gasteiger partial charge in [-0.25, -0.2) is 9.37 Å². The molecule has 0 aliphatic carbocycles. The molecule has 3 amide bonds. The number of nitriles is 1. The number of benzene rings is 2. The molecule has 14 heteroatoms. The Kier molecular flexibility index (Phi) is 9.07. The molecule has 0 radical (unpaired) electrons. The van der Waals surface area contributed by atoms with Crippen molar-refractivity contribution in [3.05, 3.63) is 65.1 Å². The molecule has 3 aromatic rings. The van der Waals surface area contributed by atoms with Crippen LogP contribution in [0.4, 0.5) is 14.5 Å². The highest BCUT2D eigenvalue weighted by Gasteiger charge is 2.37. The van der Waals surface area contributed by atoms with Crippen LogP contribution in [0.25, 0.3) is 11.3 Å². The number of hydrogen-bond acceptors (Lipinski definition) is 8. The van der Waals surface area contributed by atoms with Crippen molar-refractivity contribution in [2.24, 2.45) is 7.05 Å². The molecule has 1 aliphatic heterocycles. The molecular weight excluding hydrogens is 564 g/mol. The van der Waals surface area contributed by atoms with Gasteiger partial charge in [-0.1, -0.05) is 0 Å². The second kappa shape index (κ2) is 12.6. The van der Waals surface area contributed by atoms with E-state index in [2.05, 4.69) is 21.0 Å². The maximum Gasteiger partial charge on any atom is 0.291 e. The number of hydrazine groups is 1. The lowest BCUT2D eigenvalue weighted by Crippen LogP contribution is -2.51. The first-order chi connectivity index (χ1) is 20.4. The summed E-state index contributed by atoms with van der Waals surface area (Å²) >= 11 is 0. The third-order valence-electron chi connectivity index (χ3n) is 7.02. The van der Waals surface area contributed by atoms with Crippen LogP contribution in [0.5, 0.6) is 5.75 Å². The van der Waals surface area contributed by atoms with E-state index in [1.165, 1.54) is 47.1 Å². The van der Waals surface area contributed by atoms with Crippen molar-refractivity contribution in [3.63, 3.8) is 0 Å². The van der Waals surface area contributed by atoms with Crippen LogP contribution in [0, 0.1) is 29.9 Å². The topological polar surface area (TPSA) is 162 Å². The highest BCUT2D eigenvalue weighted by Crippen LogP contribution is 2.30. The number of amides is 3. The van der Waals surface area contributed by atoms with Gasteiger partial charge in [0.15, 0.2) is 24.0 Å². The molecule has 1 aromatic heterocycles. The summed E-state index contributed by atoms with van der Waals surface area (Å²) in [4.78, 5) is 42.9. The number of halogens is 2. The van der Waals surface area contributed by atoms with Gasteiger partial charge in [0.2, 0.25) is 5.82 Å². The van der Waals surface area contributed by atoms with Crippen LogP contribution in [0.15, 0.2) is 36.5 Å². The minimum Gasteiger partial charge on any atom is -0.476 e. The third-order valence-corrected chi connectivity index (χ3v) is 7.02. The minimum atomic E-state index is -1.27. The van der Waals surface area contributed by atoms with Gasteiger partial charge in [0.05, 0.1) is 23.5 Å². The number of ether oxygens (including phenoxy) is 1. The van der Waals surface area contributed by atoms with Gasteiger partial charge in [-0.15, -0.1) is 0 Å². The van der Waals surface area contributed by atoms with Crippen molar-refractivity contribution < 1.29 is 33.0 Å². The first-order valence-electron chi connectivity index (χ1n) is 13.4. The second-order valence-electron chi connectivity index (χ2n) is 10.4. The average Bonchev–Trinajstić information content (AvgIpc) is 3.53. The van der Waals surface area contributed by atoms with E-state index in [0.717, 1.165) is 0 Å². The van der Waals surface area contributed by atoms with Crippen molar-refractivity contribution in [2.45, 2.75) is 38.8 Å². The fraction of sp³-hybridized carbons (Fsp3) is 0.345. The van der Waals surface area contributed by atoms with Crippen molar-refractivity contribution in [3.8, 4) is 23.1 Å². The lowest BCUT2D eigenvalue weighted by molar-refractivity contribution is -0.127. The van der Waals surface area contributed by atoms with Gasteiger partial charge < -0.3 is 25.0 Å². The Hall–Kier alpha value is -4.87. The Bertz CT molecular complexity index is 1620. The van der Waals surface area contributed by atoms with Crippen LogP contribution in [0.2, 0.25) is 0 Å². The molecule has 12 nitrogen and oxygen atoms in total.